The summed E-state index contributed by atoms with van der Waals surface area (Å²) in [6, 6.07) is 7.95. The van der Waals surface area contributed by atoms with Crippen LogP contribution in [0.25, 0.3) is 0 Å². The second-order valence-electron chi connectivity index (χ2n) is 5.66. The van der Waals surface area contributed by atoms with Gasteiger partial charge in [-0.15, -0.1) is 0 Å². The van der Waals surface area contributed by atoms with Gasteiger partial charge in [-0.25, -0.2) is 4.98 Å². The Labute approximate surface area is 130 Å². The Morgan fingerprint density at radius 1 is 1.41 bits per heavy atom. The standard InChI is InChI=1S/C17H21N3O2/c1-22-16-4-2-13(3-5-16)6-8-19-17(21)14-7-9-20-12-18-11-15(20)10-14/h2-5,11-12,14H,6-10H2,1H3,(H,19,21). The minimum atomic E-state index is 0.0695. The fourth-order valence-corrected chi connectivity index (χ4v) is 2.86. The minimum Gasteiger partial charge on any atom is -0.497 e. The van der Waals surface area contributed by atoms with Crippen LogP contribution in [0.3, 0.4) is 0 Å². The number of fused-ring (bicyclic) bond motifs is 1. The molecule has 1 unspecified atom stereocenters. The van der Waals surface area contributed by atoms with Crippen LogP contribution in [0, 0.1) is 5.92 Å². The SMILES string of the molecule is COc1ccc(CCNC(=O)C2CCn3cncc3C2)cc1. The quantitative estimate of drug-likeness (QED) is 0.916. The lowest BCUT2D eigenvalue weighted by Gasteiger charge is -2.23. The molecule has 5 heteroatoms. The number of carbonyl (C=O) groups excluding carboxylic acids is 1. The van der Waals surface area contributed by atoms with Crippen molar-refractivity contribution in [3.8, 4) is 5.75 Å². The Hall–Kier alpha value is -2.30. The summed E-state index contributed by atoms with van der Waals surface area (Å²) in [6.07, 6.45) is 6.20. The van der Waals surface area contributed by atoms with Crippen LogP contribution in [-0.4, -0.2) is 29.1 Å². The normalized spacial score (nSPS) is 16.9. The molecule has 1 N–H and O–H groups in total. The number of ether oxygens (including phenoxy) is 1. The molecule has 1 aromatic heterocycles. The molecule has 0 saturated heterocycles. The van der Waals surface area contributed by atoms with Gasteiger partial charge in [-0.3, -0.25) is 4.79 Å². The van der Waals surface area contributed by atoms with Crippen LogP contribution in [0.15, 0.2) is 36.8 Å². The van der Waals surface area contributed by atoms with Gasteiger partial charge in [0.2, 0.25) is 5.91 Å². The number of aryl methyl sites for hydroxylation is 1. The van der Waals surface area contributed by atoms with E-state index in [2.05, 4.69) is 14.9 Å². The van der Waals surface area contributed by atoms with Crippen molar-refractivity contribution in [1.29, 1.82) is 0 Å². The first kappa shape index (κ1) is 14.6. The molecule has 116 valence electrons. The predicted molar refractivity (Wildman–Crippen MR) is 83.7 cm³/mol. The van der Waals surface area contributed by atoms with Crippen molar-refractivity contribution in [3.63, 3.8) is 0 Å². The average molecular weight is 299 g/mol. The molecule has 1 aliphatic heterocycles. The first-order valence-electron chi connectivity index (χ1n) is 7.66. The Morgan fingerprint density at radius 3 is 3.00 bits per heavy atom. The van der Waals surface area contributed by atoms with Gasteiger partial charge in [0, 0.05) is 37.3 Å². The van der Waals surface area contributed by atoms with Crippen LogP contribution in [-0.2, 0) is 24.2 Å². The maximum atomic E-state index is 12.3. The summed E-state index contributed by atoms with van der Waals surface area (Å²) in [4.78, 5) is 16.4. The van der Waals surface area contributed by atoms with E-state index in [0.717, 1.165) is 37.3 Å². The monoisotopic (exact) mass is 299 g/mol. The summed E-state index contributed by atoms with van der Waals surface area (Å²) in [5.41, 5.74) is 2.35. The molecule has 22 heavy (non-hydrogen) atoms. The van der Waals surface area contributed by atoms with Crippen LogP contribution < -0.4 is 10.1 Å². The first-order valence-corrected chi connectivity index (χ1v) is 7.66. The summed E-state index contributed by atoms with van der Waals surface area (Å²) in [7, 11) is 1.66. The lowest BCUT2D eigenvalue weighted by molar-refractivity contribution is -0.125. The number of imidazole rings is 1. The van der Waals surface area contributed by atoms with Crippen LogP contribution in [0.2, 0.25) is 0 Å². The third-order valence-corrected chi connectivity index (χ3v) is 4.22. The van der Waals surface area contributed by atoms with Crippen molar-refractivity contribution >= 4 is 5.91 Å². The smallest absolute Gasteiger partial charge is 0.223 e. The van der Waals surface area contributed by atoms with Crippen LogP contribution in [0.1, 0.15) is 17.7 Å². The van der Waals surface area contributed by atoms with Crippen molar-refractivity contribution in [2.75, 3.05) is 13.7 Å². The number of rotatable bonds is 5. The molecule has 0 aliphatic carbocycles. The molecule has 2 aromatic rings. The van der Waals surface area contributed by atoms with Gasteiger partial charge >= 0.3 is 0 Å². The third kappa shape index (κ3) is 3.30. The molecular weight excluding hydrogens is 278 g/mol. The fraction of sp³-hybridized carbons (Fsp3) is 0.412. The van der Waals surface area contributed by atoms with Crippen molar-refractivity contribution in [2.45, 2.75) is 25.8 Å². The molecule has 3 rings (SSSR count). The van der Waals surface area contributed by atoms with E-state index in [1.807, 2.05) is 36.8 Å². The number of methoxy groups -OCH3 is 1. The molecule has 5 nitrogen and oxygen atoms in total. The summed E-state index contributed by atoms with van der Waals surface area (Å²) in [5.74, 6) is 1.08. The highest BCUT2D eigenvalue weighted by molar-refractivity contribution is 5.79. The Bertz CT molecular complexity index is 634. The molecule has 2 heterocycles. The summed E-state index contributed by atoms with van der Waals surface area (Å²) in [6.45, 7) is 1.55. The highest BCUT2D eigenvalue weighted by atomic mass is 16.5. The molecule has 0 radical (unpaired) electrons. The van der Waals surface area contributed by atoms with Crippen molar-refractivity contribution in [3.05, 3.63) is 48.0 Å². The van der Waals surface area contributed by atoms with E-state index >= 15 is 0 Å². The predicted octanol–water partition coefficient (Wildman–Crippen LogP) is 1.81. The molecule has 1 aromatic carbocycles. The number of nitrogens with one attached hydrogen (secondary N) is 1. The van der Waals surface area contributed by atoms with Crippen molar-refractivity contribution < 1.29 is 9.53 Å². The molecule has 1 atom stereocenters. The van der Waals surface area contributed by atoms with Gasteiger partial charge in [0.15, 0.2) is 0 Å². The summed E-state index contributed by atoms with van der Waals surface area (Å²) < 4.78 is 7.26. The van der Waals surface area contributed by atoms with E-state index < -0.39 is 0 Å². The molecule has 0 bridgehead atoms. The van der Waals surface area contributed by atoms with Crippen molar-refractivity contribution in [2.24, 2.45) is 5.92 Å². The Kier molecular flexibility index (Phi) is 4.42. The van der Waals surface area contributed by atoms with E-state index in [-0.39, 0.29) is 11.8 Å². The second kappa shape index (κ2) is 6.64. The fourth-order valence-electron chi connectivity index (χ4n) is 2.86. The Balaban J connectivity index is 1.46. The van der Waals surface area contributed by atoms with E-state index in [9.17, 15) is 4.79 Å². The van der Waals surface area contributed by atoms with Gasteiger partial charge in [-0.1, -0.05) is 12.1 Å². The first-order chi connectivity index (χ1) is 10.8. The molecular formula is C17H21N3O2. The molecule has 0 fully saturated rings. The number of carbonyl (C=O) groups is 1. The highest BCUT2D eigenvalue weighted by Crippen LogP contribution is 2.20. The summed E-state index contributed by atoms with van der Waals surface area (Å²) in [5, 5.41) is 3.05. The van der Waals surface area contributed by atoms with E-state index in [1.54, 1.807) is 7.11 Å². The van der Waals surface area contributed by atoms with E-state index in [0.29, 0.717) is 6.54 Å². The van der Waals surface area contributed by atoms with Crippen LogP contribution >= 0.6 is 0 Å². The maximum Gasteiger partial charge on any atom is 0.223 e. The van der Waals surface area contributed by atoms with E-state index in [4.69, 9.17) is 4.74 Å². The maximum absolute atomic E-state index is 12.3. The van der Waals surface area contributed by atoms with Gasteiger partial charge in [-0.2, -0.15) is 0 Å². The van der Waals surface area contributed by atoms with Gasteiger partial charge < -0.3 is 14.6 Å². The minimum absolute atomic E-state index is 0.0695. The topological polar surface area (TPSA) is 56.1 Å². The molecule has 1 amide bonds. The largest absolute Gasteiger partial charge is 0.497 e. The van der Waals surface area contributed by atoms with E-state index in [1.165, 1.54) is 5.56 Å². The zero-order valence-corrected chi connectivity index (χ0v) is 12.8. The van der Waals surface area contributed by atoms with Crippen LogP contribution in [0.4, 0.5) is 0 Å². The highest BCUT2D eigenvalue weighted by Gasteiger charge is 2.24. The lowest BCUT2D eigenvalue weighted by Crippen LogP contribution is -2.36. The van der Waals surface area contributed by atoms with Gasteiger partial charge in [-0.05, 0) is 30.5 Å². The molecule has 1 aliphatic rings. The zero-order valence-electron chi connectivity index (χ0n) is 12.8. The number of nitrogens with zero attached hydrogens (tertiary/aromatic N) is 2. The number of hydrogen-bond donors (Lipinski definition) is 1. The number of amides is 1. The average Bonchev–Trinajstić information content (AvgIpc) is 3.03. The Morgan fingerprint density at radius 2 is 2.23 bits per heavy atom. The summed E-state index contributed by atoms with van der Waals surface area (Å²) >= 11 is 0. The van der Waals surface area contributed by atoms with Crippen molar-refractivity contribution in [1.82, 2.24) is 14.9 Å². The molecule has 0 spiro atoms. The number of hydrogen-bond acceptors (Lipinski definition) is 3. The second-order valence-corrected chi connectivity index (χ2v) is 5.66. The number of benzene rings is 1. The van der Waals surface area contributed by atoms with Gasteiger partial charge in [0.1, 0.15) is 5.75 Å². The lowest BCUT2D eigenvalue weighted by atomic mass is 9.95. The van der Waals surface area contributed by atoms with Gasteiger partial charge in [0.25, 0.3) is 0 Å². The van der Waals surface area contributed by atoms with Gasteiger partial charge in [0.05, 0.1) is 13.4 Å². The number of aromatic nitrogens is 2. The molecule has 0 saturated carbocycles. The third-order valence-electron chi connectivity index (χ3n) is 4.22. The zero-order chi connectivity index (χ0) is 15.4. The van der Waals surface area contributed by atoms with Crippen LogP contribution in [0.5, 0.6) is 5.75 Å².